The van der Waals surface area contributed by atoms with E-state index in [1.807, 2.05) is 42.5 Å². The Balaban J connectivity index is 1.37. The van der Waals surface area contributed by atoms with Gasteiger partial charge in [-0.15, -0.1) is 0 Å². The highest BCUT2D eigenvalue weighted by atomic mass is 16.2. The molecule has 6 heteroatoms. The van der Waals surface area contributed by atoms with Crippen molar-refractivity contribution >= 4 is 11.7 Å². The number of amides is 1. The molecule has 1 unspecified atom stereocenters. The summed E-state index contributed by atoms with van der Waals surface area (Å²) >= 11 is 0. The fraction of sp³-hybridized carbons (Fsp3) is 0.304. The van der Waals surface area contributed by atoms with E-state index < -0.39 is 0 Å². The summed E-state index contributed by atoms with van der Waals surface area (Å²) in [7, 11) is 0. The van der Waals surface area contributed by atoms with Gasteiger partial charge in [0.2, 0.25) is 5.91 Å². The predicted molar refractivity (Wildman–Crippen MR) is 109 cm³/mol. The number of aryl methyl sites for hydroxylation is 2. The number of nitrogens with zero attached hydrogens (tertiary/aromatic N) is 3. The average molecular weight is 388 g/mol. The van der Waals surface area contributed by atoms with E-state index in [4.69, 9.17) is 0 Å². The normalized spacial score (nSPS) is 13.7. The SMILES string of the molecule is O=C(CCC(=O)c1ccc2c(c1)CCC2)NC(Cn1cncn1)c1ccccc1. The Kier molecular flexibility index (Phi) is 5.79. The number of hydrogen-bond acceptors (Lipinski definition) is 4. The number of ketones is 1. The number of carbonyl (C=O) groups is 2. The molecule has 0 aliphatic heterocycles. The zero-order valence-corrected chi connectivity index (χ0v) is 16.3. The van der Waals surface area contributed by atoms with Gasteiger partial charge in [-0.1, -0.05) is 42.5 Å². The second kappa shape index (κ2) is 8.82. The molecule has 1 aliphatic rings. The Morgan fingerprint density at radius 3 is 2.66 bits per heavy atom. The van der Waals surface area contributed by atoms with E-state index in [1.54, 1.807) is 11.0 Å². The van der Waals surface area contributed by atoms with E-state index in [1.165, 1.54) is 17.5 Å². The first-order chi connectivity index (χ1) is 14.2. The third-order valence-electron chi connectivity index (χ3n) is 5.37. The summed E-state index contributed by atoms with van der Waals surface area (Å²) in [5.74, 6) is -0.129. The minimum atomic E-state index is -0.236. The molecule has 2 aromatic carbocycles. The number of benzene rings is 2. The molecular weight excluding hydrogens is 364 g/mol. The van der Waals surface area contributed by atoms with Crippen molar-refractivity contribution in [3.05, 3.63) is 83.4 Å². The van der Waals surface area contributed by atoms with E-state index in [9.17, 15) is 9.59 Å². The third-order valence-corrected chi connectivity index (χ3v) is 5.37. The Hall–Kier alpha value is -3.28. The van der Waals surface area contributed by atoms with Gasteiger partial charge in [-0.2, -0.15) is 5.10 Å². The molecule has 0 spiro atoms. The van der Waals surface area contributed by atoms with Crippen LogP contribution in [0.5, 0.6) is 0 Å². The Morgan fingerprint density at radius 1 is 1.03 bits per heavy atom. The summed E-state index contributed by atoms with van der Waals surface area (Å²) < 4.78 is 1.69. The van der Waals surface area contributed by atoms with Crippen LogP contribution in [0.2, 0.25) is 0 Å². The molecule has 29 heavy (non-hydrogen) atoms. The predicted octanol–water partition coefficient (Wildman–Crippen LogP) is 3.29. The van der Waals surface area contributed by atoms with Crippen molar-refractivity contribution in [2.24, 2.45) is 0 Å². The fourth-order valence-corrected chi connectivity index (χ4v) is 3.82. The monoisotopic (exact) mass is 388 g/mol. The molecule has 1 amide bonds. The summed E-state index contributed by atoms with van der Waals surface area (Å²) in [5, 5.41) is 7.17. The van der Waals surface area contributed by atoms with Crippen LogP contribution in [0.4, 0.5) is 0 Å². The Bertz CT molecular complexity index is 983. The summed E-state index contributed by atoms with van der Waals surface area (Å²) in [5.41, 5.74) is 4.32. The molecular formula is C23H24N4O2. The maximum absolute atomic E-state index is 12.6. The maximum Gasteiger partial charge on any atom is 0.220 e. The van der Waals surface area contributed by atoms with Gasteiger partial charge in [0.1, 0.15) is 12.7 Å². The van der Waals surface area contributed by atoms with Crippen molar-refractivity contribution < 1.29 is 9.59 Å². The van der Waals surface area contributed by atoms with Crippen LogP contribution >= 0.6 is 0 Å². The van der Waals surface area contributed by atoms with E-state index in [0.29, 0.717) is 12.1 Å². The Labute approximate surface area is 170 Å². The first-order valence-electron chi connectivity index (χ1n) is 10.0. The molecule has 0 saturated carbocycles. The maximum atomic E-state index is 12.6. The van der Waals surface area contributed by atoms with E-state index in [0.717, 1.165) is 24.8 Å². The van der Waals surface area contributed by atoms with Gasteiger partial charge < -0.3 is 5.32 Å². The fourth-order valence-electron chi connectivity index (χ4n) is 3.82. The van der Waals surface area contributed by atoms with Crippen molar-refractivity contribution in [2.75, 3.05) is 0 Å². The lowest BCUT2D eigenvalue weighted by Crippen LogP contribution is -2.31. The van der Waals surface area contributed by atoms with Gasteiger partial charge >= 0.3 is 0 Å². The van der Waals surface area contributed by atoms with E-state index >= 15 is 0 Å². The minimum Gasteiger partial charge on any atom is -0.347 e. The number of fused-ring (bicyclic) bond motifs is 1. The largest absolute Gasteiger partial charge is 0.347 e. The summed E-state index contributed by atoms with van der Waals surface area (Å²) in [6.07, 6.45) is 6.75. The highest BCUT2D eigenvalue weighted by Crippen LogP contribution is 2.23. The van der Waals surface area contributed by atoms with Gasteiger partial charge in [-0.05, 0) is 42.0 Å². The lowest BCUT2D eigenvalue weighted by Gasteiger charge is -2.19. The van der Waals surface area contributed by atoms with Crippen molar-refractivity contribution in [3.8, 4) is 0 Å². The van der Waals surface area contributed by atoms with Gasteiger partial charge in [-0.25, -0.2) is 4.98 Å². The van der Waals surface area contributed by atoms with Crippen LogP contribution in [-0.2, 0) is 24.2 Å². The molecule has 0 radical (unpaired) electrons. The number of nitrogens with one attached hydrogen (secondary N) is 1. The minimum absolute atomic E-state index is 0.0161. The molecule has 0 saturated heterocycles. The second-order valence-electron chi connectivity index (χ2n) is 7.41. The molecule has 148 valence electrons. The lowest BCUT2D eigenvalue weighted by molar-refractivity contribution is -0.121. The van der Waals surface area contributed by atoms with Crippen LogP contribution in [0.25, 0.3) is 0 Å². The molecule has 1 heterocycles. The van der Waals surface area contributed by atoms with Gasteiger partial charge in [0.05, 0.1) is 12.6 Å². The Morgan fingerprint density at radius 2 is 1.86 bits per heavy atom. The highest BCUT2D eigenvalue weighted by molar-refractivity contribution is 5.98. The summed E-state index contributed by atoms with van der Waals surface area (Å²) in [6.45, 7) is 0.481. The van der Waals surface area contributed by atoms with Gasteiger partial charge in [-0.3, -0.25) is 14.3 Å². The molecule has 1 N–H and O–H groups in total. The van der Waals surface area contributed by atoms with Gasteiger partial charge in [0.15, 0.2) is 5.78 Å². The second-order valence-corrected chi connectivity index (χ2v) is 7.41. The molecule has 0 fully saturated rings. The summed E-state index contributed by atoms with van der Waals surface area (Å²) in [6, 6.07) is 15.5. The van der Waals surface area contributed by atoms with Crippen molar-refractivity contribution in [1.82, 2.24) is 20.1 Å². The van der Waals surface area contributed by atoms with E-state index in [-0.39, 0.29) is 30.6 Å². The number of hydrogen-bond donors (Lipinski definition) is 1. The van der Waals surface area contributed by atoms with Crippen LogP contribution in [-0.4, -0.2) is 26.5 Å². The number of Topliss-reactive ketones (excluding diaryl/α,β-unsaturated/α-hetero) is 1. The summed E-state index contributed by atoms with van der Waals surface area (Å²) in [4.78, 5) is 29.1. The first kappa shape index (κ1) is 19.1. The highest BCUT2D eigenvalue weighted by Gasteiger charge is 2.18. The van der Waals surface area contributed by atoms with Gasteiger partial charge in [0.25, 0.3) is 0 Å². The zero-order chi connectivity index (χ0) is 20.1. The first-order valence-corrected chi connectivity index (χ1v) is 10.0. The zero-order valence-electron chi connectivity index (χ0n) is 16.3. The molecule has 4 rings (SSSR count). The van der Waals surface area contributed by atoms with Crippen molar-refractivity contribution in [1.29, 1.82) is 0 Å². The van der Waals surface area contributed by atoms with E-state index in [2.05, 4.69) is 21.5 Å². The molecule has 3 aromatic rings. The number of carbonyl (C=O) groups excluding carboxylic acids is 2. The number of rotatable bonds is 8. The topological polar surface area (TPSA) is 76.9 Å². The number of aromatic nitrogens is 3. The standard InChI is InChI=1S/C23H24N4O2/c28-22(20-10-9-17-7-4-8-19(17)13-20)11-12-23(29)26-21(14-27-16-24-15-25-27)18-5-2-1-3-6-18/h1-3,5-6,9-10,13,15-16,21H,4,7-8,11-12,14H2,(H,26,29). The molecule has 1 atom stereocenters. The molecule has 1 aliphatic carbocycles. The average Bonchev–Trinajstić information content (AvgIpc) is 3.43. The quantitative estimate of drug-likeness (QED) is 0.601. The van der Waals surface area contributed by atoms with Crippen LogP contribution in [0.3, 0.4) is 0 Å². The van der Waals surface area contributed by atoms with Crippen LogP contribution < -0.4 is 5.32 Å². The van der Waals surface area contributed by atoms with Gasteiger partial charge in [0, 0.05) is 18.4 Å². The van der Waals surface area contributed by atoms with Crippen LogP contribution in [0, 0.1) is 0 Å². The van der Waals surface area contributed by atoms with Crippen LogP contribution in [0.15, 0.2) is 61.2 Å². The van der Waals surface area contributed by atoms with Crippen molar-refractivity contribution in [2.45, 2.75) is 44.7 Å². The third kappa shape index (κ3) is 4.77. The lowest BCUT2D eigenvalue weighted by atomic mass is 10.0. The molecule has 6 nitrogen and oxygen atoms in total. The van der Waals surface area contributed by atoms with Crippen molar-refractivity contribution in [3.63, 3.8) is 0 Å². The van der Waals surface area contributed by atoms with Crippen LogP contribution in [0.1, 0.15) is 52.4 Å². The smallest absolute Gasteiger partial charge is 0.220 e. The molecule has 1 aromatic heterocycles. The molecule has 0 bridgehead atoms.